The van der Waals surface area contributed by atoms with Gasteiger partial charge >= 0.3 is 5.97 Å². The van der Waals surface area contributed by atoms with Gasteiger partial charge in [0.25, 0.3) is 6.01 Å². The molecule has 0 aliphatic rings. The molecule has 1 heterocycles. The fraction of sp³-hybridized carbons (Fsp3) is 0.370. The van der Waals surface area contributed by atoms with Crippen molar-refractivity contribution in [1.29, 1.82) is 0 Å². The van der Waals surface area contributed by atoms with Crippen LogP contribution in [0.1, 0.15) is 54.5 Å². The number of ether oxygens (including phenoxy) is 1. The normalized spacial score (nSPS) is 12.0. The smallest absolute Gasteiger partial charge is 0.336 e. The van der Waals surface area contributed by atoms with E-state index < -0.39 is 23.7 Å². The maximum Gasteiger partial charge on any atom is 0.336 e. The minimum atomic E-state index is -1.11. The lowest BCUT2D eigenvalue weighted by molar-refractivity contribution is -0.121. The number of carboxylic acid groups (broad SMARTS) is 1. The van der Waals surface area contributed by atoms with Gasteiger partial charge in [0, 0.05) is 5.56 Å². The van der Waals surface area contributed by atoms with Gasteiger partial charge in [0.1, 0.15) is 12.5 Å². The van der Waals surface area contributed by atoms with Crippen LogP contribution in [-0.4, -0.2) is 38.4 Å². The number of thiol groups is 1. The van der Waals surface area contributed by atoms with Crippen LogP contribution in [0, 0.1) is 11.7 Å². The van der Waals surface area contributed by atoms with Gasteiger partial charge in [0.15, 0.2) is 0 Å². The minimum absolute atomic E-state index is 0.0288. The fourth-order valence-electron chi connectivity index (χ4n) is 4.00. The Morgan fingerprint density at radius 1 is 1.22 bits per heavy atom. The summed E-state index contributed by atoms with van der Waals surface area (Å²) < 4.78 is 36.2. The molecular formula is C27H31F2N3O4S. The standard InChI is InChI=1S/C27H31F2N3O4S/c1-4-36-27-31-22(13-28)23(14-30-25(33)24(37)11-16(2)3)32(27)15-18-10-9-17(12-21(18)29)19-7-5-6-8-20(19)26(34)35/h5-10,12,16,24,37H,4,11,13-15H2,1-3H3,(H,30,33)(H,34,35)/t24-/m0/s1. The number of carbonyl (C=O) groups excluding carboxylic acids is 1. The molecule has 0 unspecified atom stereocenters. The van der Waals surface area contributed by atoms with Gasteiger partial charge in [-0.2, -0.15) is 17.6 Å². The molecule has 3 aromatic rings. The van der Waals surface area contributed by atoms with Crippen molar-refractivity contribution in [3.05, 3.63) is 70.8 Å². The van der Waals surface area contributed by atoms with E-state index in [9.17, 15) is 19.1 Å². The van der Waals surface area contributed by atoms with Crippen LogP contribution in [0.2, 0.25) is 0 Å². The number of rotatable bonds is 12. The highest BCUT2D eigenvalue weighted by Crippen LogP contribution is 2.28. The van der Waals surface area contributed by atoms with Gasteiger partial charge in [0.2, 0.25) is 5.91 Å². The summed E-state index contributed by atoms with van der Waals surface area (Å²) in [5.41, 5.74) is 1.59. The van der Waals surface area contributed by atoms with Crippen LogP contribution in [0.15, 0.2) is 42.5 Å². The summed E-state index contributed by atoms with van der Waals surface area (Å²) in [6.45, 7) is 5.04. The Bertz CT molecular complexity index is 1260. The molecule has 37 heavy (non-hydrogen) atoms. The zero-order valence-corrected chi connectivity index (χ0v) is 21.9. The number of aromatic nitrogens is 2. The van der Waals surface area contributed by atoms with E-state index in [0.717, 1.165) is 0 Å². The van der Waals surface area contributed by atoms with Crippen molar-refractivity contribution in [2.24, 2.45) is 5.92 Å². The van der Waals surface area contributed by atoms with Crippen LogP contribution in [0.25, 0.3) is 11.1 Å². The number of imidazole rings is 1. The highest BCUT2D eigenvalue weighted by Gasteiger charge is 2.22. The van der Waals surface area contributed by atoms with Crippen molar-refractivity contribution in [2.45, 2.75) is 52.2 Å². The molecule has 2 N–H and O–H groups in total. The Kier molecular flexibility index (Phi) is 9.68. The number of aromatic carboxylic acids is 1. The average molecular weight is 532 g/mol. The van der Waals surface area contributed by atoms with Crippen molar-refractivity contribution in [3.63, 3.8) is 0 Å². The van der Waals surface area contributed by atoms with Gasteiger partial charge in [0.05, 0.1) is 41.9 Å². The van der Waals surface area contributed by atoms with E-state index in [0.29, 0.717) is 23.2 Å². The number of benzene rings is 2. The molecule has 1 atom stereocenters. The number of carbonyl (C=O) groups is 2. The molecule has 10 heteroatoms. The predicted octanol–water partition coefficient (Wildman–Crippen LogP) is 5.26. The molecule has 0 saturated heterocycles. The highest BCUT2D eigenvalue weighted by atomic mass is 32.1. The number of nitrogens with zero attached hydrogens (tertiary/aromatic N) is 2. The zero-order chi connectivity index (χ0) is 27.1. The van der Waals surface area contributed by atoms with E-state index in [2.05, 4.69) is 22.9 Å². The molecule has 0 aliphatic heterocycles. The first-order valence-corrected chi connectivity index (χ1v) is 12.5. The Balaban J connectivity index is 1.92. The lowest BCUT2D eigenvalue weighted by atomic mass is 9.98. The Labute approximate surface area is 220 Å². The van der Waals surface area contributed by atoms with Gasteiger partial charge < -0.3 is 15.2 Å². The summed E-state index contributed by atoms with van der Waals surface area (Å²) >= 11 is 4.36. The van der Waals surface area contributed by atoms with E-state index in [1.807, 2.05) is 13.8 Å². The van der Waals surface area contributed by atoms with Crippen LogP contribution < -0.4 is 10.1 Å². The molecule has 0 bridgehead atoms. The first kappa shape index (κ1) is 28.2. The van der Waals surface area contributed by atoms with Gasteiger partial charge in [-0.05, 0) is 42.5 Å². The molecule has 1 aromatic heterocycles. The highest BCUT2D eigenvalue weighted by molar-refractivity contribution is 7.81. The summed E-state index contributed by atoms with van der Waals surface area (Å²) in [5, 5.41) is 11.7. The SMILES string of the molecule is CCOc1nc(CF)c(CNC(=O)[C@@H](S)CC(C)C)n1Cc1ccc(-c2ccccc2C(=O)O)cc1F. The summed E-state index contributed by atoms with van der Waals surface area (Å²) in [7, 11) is 0. The number of hydrogen-bond donors (Lipinski definition) is 3. The molecule has 0 fully saturated rings. The molecule has 0 aliphatic carbocycles. The van der Waals surface area contributed by atoms with E-state index in [-0.39, 0.29) is 54.4 Å². The van der Waals surface area contributed by atoms with Crippen molar-refractivity contribution in [2.75, 3.05) is 6.61 Å². The van der Waals surface area contributed by atoms with E-state index in [1.54, 1.807) is 37.3 Å². The van der Waals surface area contributed by atoms with Gasteiger partial charge in [-0.1, -0.05) is 44.2 Å². The maximum atomic E-state index is 15.3. The molecule has 2 aromatic carbocycles. The summed E-state index contributed by atoms with van der Waals surface area (Å²) in [4.78, 5) is 28.3. The number of hydrogen-bond acceptors (Lipinski definition) is 5. The van der Waals surface area contributed by atoms with E-state index in [1.165, 1.54) is 16.7 Å². The third-order valence-corrected chi connectivity index (χ3v) is 6.24. The average Bonchev–Trinajstić information content (AvgIpc) is 3.19. The summed E-state index contributed by atoms with van der Waals surface area (Å²) in [6, 6.07) is 10.9. The van der Waals surface area contributed by atoms with Crippen molar-refractivity contribution >= 4 is 24.5 Å². The van der Waals surface area contributed by atoms with Crippen LogP contribution in [0.4, 0.5) is 8.78 Å². The second-order valence-electron chi connectivity index (χ2n) is 8.96. The fourth-order valence-corrected chi connectivity index (χ4v) is 4.51. The monoisotopic (exact) mass is 531 g/mol. The maximum absolute atomic E-state index is 15.3. The second kappa shape index (κ2) is 12.7. The largest absolute Gasteiger partial charge is 0.478 e. The Morgan fingerprint density at radius 3 is 2.57 bits per heavy atom. The van der Waals surface area contributed by atoms with Gasteiger partial charge in [-0.3, -0.25) is 9.36 Å². The number of halogens is 2. The Hall–Kier alpha value is -3.40. The first-order valence-electron chi connectivity index (χ1n) is 12.0. The van der Waals surface area contributed by atoms with Crippen LogP contribution in [0.3, 0.4) is 0 Å². The third-order valence-electron chi connectivity index (χ3n) is 5.80. The number of amides is 1. The predicted molar refractivity (Wildman–Crippen MR) is 140 cm³/mol. The van der Waals surface area contributed by atoms with Crippen molar-refractivity contribution in [3.8, 4) is 17.1 Å². The van der Waals surface area contributed by atoms with E-state index in [4.69, 9.17) is 4.74 Å². The quantitative estimate of drug-likeness (QED) is 0.277. The first-order chi connectivity index (χ1) is 17.7. The van der Waals surface area contributed by atoms with Crippen LogP contribution in [-0.2, 0) is 24.6 Å². The lowest BCUT2D eigenvalue weighted by Crippen LogP contribution is -2.32. The molecule has 0 spiro atoms. The van der Waals surface area contributed by atoms with Gasteiger partial charge in [-0.25, -0.2) is 13.6 Å². The molecular weight excluding hydrogens is 500 g/mol. The molecule has 198 valence electrons. The minimum Gasteiger partial charge on any atom is -0.478 e. The zero-order valence-electron chi connectivity index (χ0n) is 21.0. The summed E-state index contributed by atoms with van der Waals surface area (Å²) in [5.74, 6) is -1.70. The van der Waals surface area contributed by atoms with Crippen LogP contribution >= 0.6 is 12.6 Å². The second-order valence-corrected chi connectivity index (χ2v) is 9.58. The Morgan fingerprint density at radius 2 is 1.95 bits per heavy atom. The van der Waals surface area contributed by atoms with Crippen molar-refractivity contribution in [1.82, 2.24) is 14.9 Å². The molecule has 1 amide bonds. The molecule has 0 saturated carbocycles. The number of nitrogens with one attached hydrogen (secondary N) is 1. The molecule has 3 rings (SSSR count). The summed E-state index contributed by atoms with van der Waals surface area (Å²) in [6.07, 6.45) is 0.580. The van der Waals surface area contributed by atoms with Crippen molar-refractivity contribution < 1.29 is 28.2 Å². The molecule has 0 radical (unpaired) electrons. The third kappa shape index (κ3) is 6.88. The number of alkyl halides is 1. The number of carboxylic acids is 1. The van der Waals surface area contributed by atoms with Crippen LogP contribution in [0.5, 0.6) is 6.01 Å². The van der Waals surface area contributed by atoms with E-state index >= 15 is 4.39 Å². The topological polar surface area (TPSA) is 93.5 Å². The lowest BCUT2D eigenvalue weighted by Gasteiger charge is -2.16. The molecule has 7 nitrogen and oxygen atoms in total. The van der Waals surface area contributed by atoms with Gasteiger partial charge in [-0.15, -0.1) is 0 Å².